The van der Waals surface area contributed by atoms with Gasteiger partial charge in [-0.3, -0.25) is 10.0 Å². The van der Waals surface area contributed by atoms with E-state index in [0.29, 0.717) is 12.8 Å². The first-order chi connectivity index (χ1) is 14.5. The zero-order chi connectivity index (χ0) is 22.8. The number of amides is 1. The highest BCUT2D eigenvalue weighted by Crippen LogP contribution is 2.09. The number of rotatable bonds is 9. The van der Waals surface area contributed by atoms with Crippen LogP contribution in [0.2, 0.25) is 0 Å². The molecule has 5 nitrogen and oxygen atoms in total. The van der Waals surface area contributed by atoms with Crippen molar-refractivity contribution >= 4 is 5.91 Å². The number of hydrogen-bond donors (Lipinski definition) is 4. The van der Waals surface area contributed by atoms with Gasteiger partial charge in [0.05, 0.1) is 0 Å². The Kier molecular flexibility index (Phi) is 16.1. The zero-order valence-corrected chi connectivity index (χ0v) is 18.0. The topological polar surface area (TPSA) is 81.6 Å². The molecule has 30 heavy (non-hydrogen) atoms. The van der Waals surface area contributed by atoms with Gasteiger partial charge < -0.3 is 10.4 Å². The van der Waals surface area contributed by atoms with Crippen LogP contribution in [0.25, 0.3) is 0 Å². The molecule has 0 saturated carbocycles. The molecule has 0 fully saturated rings. The van der Waals surface area contributed by atoms with Gasteiger partial charge >= 0.3 is 0 Å². The first kappa shape index (κ1) is 27.6. The summed E-state index contributed by atoms with van der Waals surface area (Å²) in [6.07, 6.45) is 4.01. The molecule has 0 spiro atoms. The van der Waals surface area contributed by atoms with Crippen LogP contribution in [0.5, 0.6) is 0 Å². The molecule has 1 amide bonds. The number of aliphatic hydroxyl groups excluding tert-OH is 1. The van der Waals surface area contributed by atoms with Gasteiger partial charge in [0.2, 0.25) is 5.91 Å². The number of aryl methyl sites for hydroxylation is 2. The van der Waals surface area contributed by atoms with Gasteiger partial charge in [-0.2, -0.15) is 0 Å². The van der Waals surface area contributed by atoms with Crippen LogP contribution in [0.3, 0.4) is 0 Å². The molecule has 0 aliphatic rings. The van der Waals surface area contributed by atoms with Crippen molar-refractivity contribution in [3.8, 4) is 0 Å². The fourth-order valence-electron chi connectivity index (χ4n) is 2.51. The van der Waals surface area contributed by atoms with Crippen LogP contribution in [-0.4, -0.2) is 29.9 Å². The third kappa shape index (κ3) is 13.0. The van der Waals surface area contributed by atoms with E-state index < -0.39 is 5.91 Å². The van der Waals surface area contributed by atoms with Crippen molar-refractivity contribution in [2.45, 2.75) is 52.5 Å². The monoisotopic (exact) mass is 424 g/mol. The van der Waals surface area contributed by atoms with E-state index >= 15 is 0 Å². The lowest BCUT2D eigenvalue weighted by Gasteiger charge is -2.05. The van der Waals surface area contributed by atoms with E-state index in [1.165, 1.54) is 31.0 Å². The molecule has 168 valence electrons. The summed E-state index contributed by atoms with van der Waals surface area (Å²) >= 11 is 0. The second-order valence-electron chi connectivity index (χ2n) is 6.63. The zero-order valence-electron chi connectivity index (χ0n) is 18.0. The van der Waals surface area contributed by atoms with E-state index in [9.17, 15) is 13.6 Å². The molecule has 0 unspecified atom stereocenters. The van der Waals surface area contributed by atoms with Crippen molar-refractivity contribution in [3.05, 3.63) is 70.8 Å². The molecular formula is C23H34F2N2O3. The fraction of sp³-hybridized carbons (Fsp3) is 0.435. The minimum Gasteiger partial charge on any atom is -0.400 e. The molecule has 0 aliphatic heterocycles. The van der Waals surface area contributed by atoms with Crippen LogP contribution in [0.4, 0.5) is 8.78 Å². The molecule has 0 heterocycles. The first-order valence-corrected chi connectivity index (χ1v) is 10.0. The number of aliphatic hydroxyl groups is 1. The molecule has 2 aromatic rings. The maximum absolute atomic E-state index is 12.9. The Morgan fingerprint density at radius 2 is 1.63 bits per heavy atom. The highest BCUT2D eigenvalue weighted by Gasteiger charge is 2.00. The summed E-state index contributed by atoms with van der Waals surface area (Å²) in [7, 11) is 1.00. The molecule has 0 aromatic heterocycles. The van der Waals surface area contributed by atoms with Crippen LogP contribution in [0.15, 0.2) is 42.5 Å². The lowest BCUT2D eigenvalue weighted by molar-refractivity contribution is -0.129. The molecular weight excluding hydrogens is 390 g/mol. The van der Waals surface area contributed by atoms with Crippen LogP contribution in [0.1, 0.15) is 49.3 Å². The van der Waals surface area contributed by atoms with Crippen LogP contribution < -0.4 is 10.8 Å². The predicted molar refractivity (Wildman–Crippen MR) is 115 cm³/mol. The smallest absolute Gasteiger partial charge is 0.243 e. The average molecular weight is 425 g/mol. The molecule has 4 N–H and O–H groups in total. The SMILES string of the molecule is CCCCNCc1ccc(F)c(C)c1.CO.O=C(CCCc1ccc(F)cc1)NO. The second-order valence-corrected chi connectivity index (χ2v) is 6.63. The van der Waals surface area contributed by atoms with Crippen molar-refractivity contribution in [2.75, 3.05) is 13.7 Å². The van der Waals surface area contributed by atoms with Gasteiger partial charge in [-0.1, -0.05) is 37.6 Å². The van der Waals surface area contributed by atoms with E-state index in [-0.39, 0.29) is 18.1 Å². The molecule has 2 rings (SSSR count). The van der Waals surface area contributed by atoms with Crippen LogP contribution in [-0.2, 0) is 17.8 Å². The number of benzene rings is 2. The Morgan fingerprint density at radius 1 is 1.00 bits per heavy atom. The first-order valence-electron chi connectivity index (χ1n) is 10.0. The van der Waals surface area contributed by atoms with Crippen molar-refractivity contribution in [3.63, 3.8) is 0 Å². The maximum Gasteiger partial charge on any atom is 0.243 e. The minimum atomic E-state index is -0.396. The number of unbranched alkanes of at least 4 members (excludes halogenated alkanes) is 1. The highest BCUT2D eigenvalue weighted by atomic mass is 19.1. The molecule has 7 heteroatoms. The lowest BCUT2D eigenvalue weighted by atomic mass is 10.1. The highest BCUT2D eigenvalue weighted by molar-refractivity contribution is 5.74. The largest absolute Gasteiger partial charge is 0.400 e. The lowest BCUT2D eigenvalue weighted by Crippen LogP contribution is -2.18. The van der Waals surface area contributed by atoms with Gasteiger partial charge in [-0.25, -0.2) is 14.3 Å². The number of carbonyl (C=O) groups excluding carboxylic acids is 1. The molecule has 0 bridgehead atoms. The number of hydroxylamine groups is 1. The normalized spacial score (nSPS) is 9.70. The number of carbonyl (C=O) groups is 1. The van der Waals surface area contributed by atoms with Crippen LogP contribution in [0, 0.1) is 18.6 Å². The summed E-state index contributed by atoms with van der Waals surface area (Å²) in [5, 5.41) is 18.5. The van der Waals surface area contributed by atoms with E-state index in [1.54, 1.807) is 24.5 Å². The number of hydrogen-bond acceptors (Lipinski definition) is 4. The Labute approximate surface area is 178 Å². The van der Waals surface area contributed by atoms with Crippen molar-refractivity contribution in [1.82, 2.24) is 10.8 Å². The summed E-state index contributed by atoms with van der Waals surface area (Å²) in [5.74, 6) is -0.781. The summed E-state index contributed by atoms with van der Waals surface area (Å²) in [6, 6.07) is 11.4. The quantitative estimate of drug-likeness (QED) is 0.275. The Hall–Kier alpha value is -2.35. The van der Waals surface area contributed by atoms with E-state index in [1.807, 2.05) is 12.1 Å². The van der Waals surface area contributed by atoms with Gasteiger partial charge in [-0.15, -0.1) is 0 Å². The third-order valence-electron chi connectivity index (χ3n) is 4.17. The van der Waals surface area contributed by atoms with Gasteiger partial charge in [0.15, 0.2) is 0 Å². The van der Waals surface area contributed by atoms with Crippen molar-refractivity contribution < 1.29 is 23.9 Å². The van der Waals surface area contributed by atoms with Crippen molar-refractivity contribution in [1.29, 1.82) is 0 Å². The van der Waals surface area contributed by atoms with Crippen molar-refractivity contribution in [2.24, 2.45) is 0 Å². The van der Waals surface area contributed by atoms with Gasteiger partial charge in [-0.05, 0) is 67.6 Å². The molecule has 0 aliphatic carbocycles. The van der Waals surface area contributed by atoms with E-state index in [2.05, 4.69) is 12.2 Å². The maximum atomic E-state index is 12.9. The minimum absolute atomic E-state index is 0.123. The summed E-state index contributed by atoms with van der Waals surface area (Å²) in [4.78, 5) is 10.6. The predicted octanol–water partition coefficient (Wildman–Crippen LogP) is 4.29. The van der Waals surface area contributed by atoms with Gasteiger partial charge in [0, 0.05) is 20.1 Å². The average Bonchev–Trinajstić information content (AvgIpc) is 2.77. The summed E-state index contributed by atoms with van der Waals surface area (Å²) in [6.45, 7) is 5.84. The molecule has 0 saturated heterocycles. The Balaban J connectivity index is 0.000000518. The summed E-state index contributed by atoms with van der Waals surface area (Å²) in [5.41, 5.74) is 4.42. The fourth-order valence-corrected chi connectivity index (χ4v) is 2.51. The molecule has 0 atom stereocenters. The molecule has 0 radical (unpaired) electrons. The second kappa shape index (κ2) is 17.5. The van der Waals surface area contributed by atoms with Gasteiger partial charge in [0.25, 0.3) is 0 Å². The Morgan fingerprint density at radius 3 is 2.20 bits per heavy atom. The van der Waals surface area contributed by atoms with Gasteiger partial charge in [0.1, 0.15) is 11.6 Å². The Bertz CT molecular complexity index is 710. The number of halogens is 2. The standard InChI is InChI=1S/C12H18FN.C10H12FNO2.CH4O/c1-3-4-7-14-9-11-5-6-12(13)10(2)8-11;11-9-6-4-8(5-7-9)2-1-3-10(13)12-14;1-2/h5-6,8,14H,3-4,7,9H2,1-2H3;4-7,14H,1-3H2,(H,12,13);2H,1H3. The van der Waals surface area contributed by atoms with E-state index in [0.717, 1.165) is 36.9 Å². The molecule has 2 aromatic carbocycles. The summed E-state index contributed by atoms with van der Waals surface area (Å²) < 4.78 is 25.4. The third-order valence-corrected chi connectivity index (χ3v) is 4.17. The van der Waals surface area contributed by atoms with E-state index in [4.69, 9.17) is 10.3 Å². The number of nitrogens with one attached hydrogen (secondary N) is 2. The van der Waals surface area contributed by atoms with Crippen LogP contribution >= 0.6 is 0 Å².